The van der Waals surface area contributed by atoms with Gasteiger partial charge in [-0.2, -0.15) is 0 Å². The van der Waals surface area contributed by atoms with E-state index in [1.165, 1.54) is 0 Å². The standard InChI is InChI=1S/C13H11Cl2NOS/c14-11-4-3-9(6-12(11)15)7-13(17)16-8-10-2-1-5-18-10/h1-6H,7-8H2,(H,16,17). The van der Waals surface area contributed by atoms with Gasteiger partial charge in [0.25, 0.3) is 0 Å². The summed E-state index contributed by atoms with van der Waals surface area (Å²) >= 11 is 13.3. The smallest absolute Gasteiger partial charge is 0.224 e. The molecule has 0 unspecified atom stereocenters. The number of amides is 1. The average molecular weight is 300 g/mol. The minimum absolute atomic E-state index is 0.0261. The van der Waals surface area contributed by atoms with Gasteiger partial charge in [0.1, 0.15) is 0 Å². The van der Waals surface area contributed by atoms with Crippen molar-refractivity contribution >= 4 is 40.4 Å². The number of carbonyl (C=O) groups is 1. The number of rotatable bonds is 4. The Bertz CT molecular complexity index is 540. The molecule has 0 aliphatic rings. The molecule has 0 fully saturated rings. The van der Waals surface area contributed by atoms with E-state index in [0.717, 1.165) is 10.4 Å². The number of carbonyl (C=O) groups excluding carboxylic acids is 1. The van der Waals surface area contributed by atoms with E-state index in [0.29, 0.717) is 23.0 Å². The fraction of sp³-hybridized carbons (Fsp3) is 0.154. The first-order chi connectivity index (χ1) is 8.65. The maximum absolute atomic E-state index is 11.7. The van der Waals surface area contributed by atoms with E-state index in [2.05, 4.69) is 5.32 Å². The van der Waals surface area contributed by atoms with E-state index in [9.17, 15) is 4.79 Å². The lowest BCUT2D eigenvalue weighted by Crippen LogP contribution is -2.24. The second-order valence-corrected chi connectivity index (χ2v) is 5.63. The van der Waals surface area contributed by atoms with E-state index < -0.39 is 0 Å². The van der Waals surface area contributed by atoms with Gasteiger partial charge in [0.15, 0.2) is 0 Å². The number of benzene rings is 1. The monoisotopic (exact) mass is 299 g/mol. The van der Waals surface area contributed by atoms with Gasteiger partial charge in [-0.1, -0.05) is 35.3 Å². The summed E-state index contributed by atoms with van der Waals surface area (Å²) in [6.45, 7) is 0.567. The molecule has 0 atom stereocenters. The predicted octanol–water partition coefficient (Wildman–Crippen LogP) is 3.91. The summed E-state index contributed by atoms with van der Waals surface area (Å²) in [5.41, 5.74) is 0.855. The van der Waals surface area contributed by atoms with Crippen molar-refractivity contribution in [2.45, 2.75) is 13.0 Å². The number of thiophene rings is 1. The first-order valence-electron chi connectivity index (χ1n) is 5.38. The molecule has 2 rings (SSSR count). The van der Waals surface area contributed by atoms with Crippen molar-refractivity contribution in [3.05, 3.63) is 56.2 Å². The van der Waals surface area contributed by atoms with Gasteiger partial charge < -0.3 is 5.32 Å². The molecule has 0 bridgehead atoms. The summed E-state index contributed by atoms with van der Waals surface area (Å²) in [5, 5.41) is 5.82. The van der Waals surface area contributed by atoms with Crippen LogP contribution in [0.4, 0.5) is 0 Å². The molecule has 0 spiro atoms. The van der Waals surface area contributed by atoms with Crippen LogP contribution >= 0.6 is 34.5 Å². The van der Waals surface area contributed by atoms with Crippen LogP contribution in [0.3, 0.4) is 0 Å². The summed E-state index contributed by atoms with van der Waals surface area (Å²) < 4.78 is 0. The molecular weight excluding hydrogens is 289 g/mol. The van der Waals surface area contributed by atoms with Gasteiger partial charge in [-0.15, -0.1) is 11.3 Å². The predicted molar refractivity (Wildman–Crippen MR) is 76.3 cm³/mol. The van der Waals surface area contributed by atoms with Gasteiger partial charge in [-0.05, 0) is 29.1 Å². The van der Waals surface area contributed by atoms with E-state index in [1.807, 2.05) is 17.5 Å². The minimum Gasteiger partial charge on any atom is -0.351 e. The van der Waals surface area contributed by atoms with E-state index in [1.54, 1.807) is 29.5 Å². The topological polar surface area (TPSA) is 29.1 Å². The third-order valence-corrected chi connectivity index (χ3v) is 4.00. The Balaban J connectivity index is 1.88. The Morgan fingerprint density at radius 2 is 2.06 bits per heavy atom. The van der Waals surface area contributed by atoms with Crippen molar-refractivity contribution in [2.75, 3.05) is 0 Å². The first kappa shape index (κ1) is 13.4. The molecule has 0 radical (unpaired) electrons. The minimum atomic E-state index is -0.0261. The lowest BCUT2D eigenvalue weighted by atomic mass is 10.1. The number of hydrogen-bond donors (Lipinski definition) is 1. The van der Waals surface area contributed by atoms with E-state index >= 15 is 0 Å². The number of halogens is 2. The molecule has 2 nitrogen and oxygen atoms in total. The molecule has 1 aromatic heterocycles. The van der Waals surface area contributed by atoms with Crippen LogP contribution in [-0.2, 0) is 17.8 Å². The van der Waals surface area contributed by atoms with Crippen molar-refractivity contribution in [3.8, 4) is 0 Å². The third-order valence-electron chi connectivity index (χ3n) is 2.39. The zero-order valence-corrected chi connectivity index (χ0v) is 11.8. The first-order valence-corrected chi connectivity index (χ1v) is 7.02. The van der Waals surface area contributed by atoms with Crippen molar-refractivity contribution in [1.29, 1.82) is 0 Å². The van der Waals surface area contributed by atoms with Crippen LogP contribution in [0, 0.1) is 0 Å². The van der Waals surface area contributed by atoms with Crippen molar-refractivity contribution in [3.63, 3.8) is 0 Å². The fourth-order valence-electron chi connectivity index (χ4n) is 1.50. The molecule has 1 N–H and O–H groups in total. The Morgan fingerprint density at radius 3 is 2.72 bits per heavy atom. The van der Waals surface area contributed by atoms with Gasteiger partial charge in [-0.3, -0.25) is 4.79 Å². The van der Waals surface area contributed by atoms with Crippen LogP contribution < -0.4 is 5.32 Å². The van der Waals surface area contributed by atoms with Crippen molar-refractivity contribution in [2.24, 2.45) is 0 Å². The van der Waals surface area contributed by atoms with Crippen LogP contribution in [0.2, 0.25) is 10.0 Å². The molecule has 18 heavy (non-hydrogen) atoms. The van der Waals surface area contributed by atoms with Gasteiger partial charge in [-0.25, -0.2) is 0 Å². The third kappa shape index (κ3) is 3.73. The Morgan fingerprint density at radius 1 is 1.22 bits per heavy atom. The lowest BCUT2D eigenvalue weighted by molar-refractivity contribution is -0.120. The highest BCUT2D eigenvalue weighted by molar-refractivity contribution is 7.09. The maximum atomic E-state index is 11.7. The zero-order chi connectivity index (χ0) is 13.0. The second-order valence-electron chi connectivity index (χ2n) is 3.78. The SMILES string of the molecule is O=C(Cc1ccc(Cl)c(Cl)c1)NCc1cccs1. The van der Waals surface area contributed by atoms with Gasteiger partial charge in [0.2, 0.25) is 5.91 Å². The Kier molecular flexibility index (Phi) is 4.64. The summed E-state index contributed by atoms with van der Waals surface area (Å²) in [4.78, 5) is 12.9. The van der Waals surface area contributed by atoms with E-state index in [4.69, 9.17) is 23.2 Å². The molecule has 2 aromatic rings. The molecule has 1 amide bonds. The molecule has 0 aliphatic heterocycles. The number of nitrogens with one attached hydrogen (secondary N) is 1. The number of hydrogen-bond acceptors (Lipinski definition) is 2. The quantitative estimate of drug-likeness (QED) is 0.911. The van der Waals surface area contributed by atoms with Crippen molar-refractivity contribution < 1.29 is 4.79 Å². The molecule has 1 heterocycles. The Labute approximate surface area is 120 Å². The van der Waals surface area contributed by atoms with E-state index in [-0.39, 0.29) is 5.91 Å². The molecule has 1 aromatic carbocycles. The van der Waals surface area contributed by atoms with Crippen molar-refractivity contribution in [1.82, 2.24) is 5.32 Å². The van der Waals surface area contributed by atoms with Gasteiger partial charge in [0.05, 0.1) is 23.0 Å². The van der Waals surface area contributed by atoms with Crippen LogP contribution in [-0.4, -0.2) is 5.91 Å². The largest absolute Gasteiger partial charge is 0.351 e. The highest BCUT2D eigenvalue weighted by atomic mass is 35.5. The molecule has 0 aliphatic carbocycles. The van der Waals surface area contributed by atoms with Crippen LogP contribution in [0.1, 0.15) is 10.4 Å². The molecule has 5 heteroatoms. The lowest BCUT2D eigenvalue weighted by Gasteiger charge is -2.05. The van der Waals surface area contributed by atoms with Crippen LogP contribution in [0.15, 0.2) is 35.7 Å². The highest BCUT2D eigenvalue weighted by Gasteiger charge is 2.05. The molecule has 0 saturated carbocycles. The van der Waals surface area contributed by atoms with Gasteiger partial charge >= 0.3 is 0 Å². The zero-order valence-electron chi connectivity index (χ0n) is 9.45. The molecule has 94 valence electrons. The van der Waals surface area contributed by atoms with Crippen LogP contribution in [0.5, 0.6) is 0 Å². The highest BCUT2D eigenvalue weighted by Crippen LogP contribution is 2.22. The average Bonchev–Trinajstić information content (AvgIpc) is 2.84. The second kappa shape index (κ2) is 6.23. The molecule has 0 saturated heterocycles. The molecular formula is C13H11Cl2NOS. The summed E-state index contributed by atoms with van der Waals surface area (Å²) in [7, 11) is 0. The maximum Gasteiger partial charge on any atom is 0.224 e. The normalized spacial score (nSPS) is 10.3. The summed E-state index contributed by atoms with van der Waals surface area (Å²) in [6.07, 6.45) is 0.308. The van der Waals surface area contributed by atoms with Gasteiger partial charge in [0, 0.05) is 4.88 Å². The summed E-state index contributed by atoms with van der Waals surface area (Å²) in [6, 6.07) is 9.18. The Hall–Kier alpha value is -1.03. The fourth-order valence-corrected chi connectivity index (χ4v) is 2.46. The summed E-state index contributed by atoms with van der Waals surface area (Å²) in [5.74, 6) is -0.0261. The van der Waals surface area contributed by atoms with Crippen LogP contribution in [0.25, 0.3) is 0 Å².